The zero-order valence-electron chi connectivity index (χ0n) is 15.2. The molecule has 2 N–H and O–H groups in total. The Labute approximate surface area is 170 Å². The van der Waals surface area contributed by atoms with Gasteiger partial charge in [0.1, 0.15) is 5.54 Å². The van der Waals surface area contributed by atoms with Crippen molar-refractivity contribution in [3.63, 3.8) is 0 Å². The Kier molecular flexibility index (Phi) is 5.53. The van der Waals surface area contributed by atoms with Crippen LogP contribution in [0.25, 0.3) is 0 Å². The van der Waals surface area contributed by atoms with Crippen molar-refractivity contribution in [3.05, 3.63) is 56.7 Å². The minimum Gasteiger partial charge on any atom is -0.351 e. The van der Waals surface area contributed by atoms with E-state index in [1.807, 2.05) is 0 Å². The highest BCUT2D eigenvalue weighted by molar-refractivity contribution is 7.14. The third-order valence-corrected chi connectivity index (χ3v) is 5.82. The molecule has 0 spiro atoms. The second-order valence-electron chi connectivity index (χ2n) is 6.55. The van der Waals surface area contributed by atoms with Crippen LogP contribution in [0.2, 0.25) is 5.02 Å². The number of amides is 4. The van der Waals surface area contributed by atoms with Crippen molar-refractivity contribution in [2.24, 2.45) is 0 Å². The molecule has 1 aliphatic heterocycles. The van der Waals surface area contributed by atoms with Crippen LogP contribution in [0.15, 0.2) is 36.4 Å². The van der Waals surface area contributed by atoms with Gasteiger partial charge in [-0.25, -0.2) is 4.79 Å². The standard InChI is InChI=1S/C19H18ClN3O4S/c1-11(24)21-9-14-7-8-16(28-14)15(25)10-23-17(26)19(2,22-18(23)27)12-3-5-13(20)6-4-12/h3-8H,9-10H2,1-2H3,(H,21,24)(H,22,27). The van der Waals surface area contributed by atoms with Crippen LogP contribution in [0.5, 0.6) is 0 Å². The highest BCUT2D eigenvalue weighted by Gasteiger charge is 2.49. The van der Waals surface area contributed by atoms with Crippen molar-refractivity contribution >= 4 is 46.6 Å². The van der Waals surface area contributed by atoms with Gasteiger partial charge in [0.25, 0.3) is 5.91 Å². The second kappa shape index (κ2) is 7.73. The maximum absolute atomic E-state index is 12.9. The summed E-state index contributed by atoms with van der Waals surface area (Å²) in [6.07, 6.45) is 0. The zero-order chi connectivity index (χ0) is 20.5. The monoisotopic (exact) mass is 419 g/mol. The maximum atomic E-state index is 12.9. The van der Waals surface area contributed by atoms with Crippen LogP contribution in [-0.2, 0) is 21.7 Å². The molecule has 1 aliphatic rings. The molecular weight excluding hydrogens is 402 g/mol. The van der Waals surface area contributed by atoms with Gasteiger partial charge in [-0.3, -0.25) is 19.3 Å². The molecule has 0 bridgehead atoms. The molecule has 3 rings (SSSR count). The molecule has 7 nitrogen and oxygen atoms in total. The van der Waals surface area contributed by atoms with E-state index >= 15 is 0 Å². The van der Waals surface area contributed by atoms with Crippen molar-refractivity contribution in [2.75, 3.05) is 6.54 Å². The normalized spacial score (nSPS) is 18.9. The van der Waals surface area contributed by atoms with Gasteiger partial charge < -0.3 is 10.6 Å². The lowest BCUT2D eigenvalue weighted by Crippen LogP contribution is -2.41. The highest BCUT2D eigenvalue weighted by atomic mass is 35.5. The number of halogens is 1. The number of ketones is 1. The third kappa shape index (κ3) is 3.93. The van der Waals surface area contributed by atoms with Gasteiger partial charge in [-0.2, -0.15) is 0 Å². The molecule has 2 heterocycles. The molecule has 146 valence electrons. The topological polar surface area (TPSA) is 95.6 Å². The van der Waals surface area contributed by atoms with Gasteiger partial charge in [0.05, 0.1) is 18.0 Å². The molecule has 0 radical (unpaired) electrons. The third-order valence-electron chi connectivity index (χ3n) is 4.45. The molecule has 1 aromatic carbocycles. The van der Waals surface area contributed by atoms with Crippen LogP contribution in [0.1, 0.15) is 34.0 Å². The fourth-order valence-electron chi connectivity index (χ4n) is 2.88. The molecule has 2 aromatic rings. The van der Waals surface area contributed by atoms with Gasteiger partial charge in [-0.1, -0.05) is 23.7 Å². The summed E-state index contributed by atoms with van der Waals surface area (Å²) in [5.41, 5.74) is -0.674. The molecule has 28 heavy (non-hydrogen) atoms. The minimum absolute atomic E-state index is 0.165. The number of carbonyl (C=O) groups excluding carboxylic acids is 4. The number of carbonyl (C=O) groups is 4. The van der Waals surface area contributed by atoms with Gasteiger partial charge in [0.15, 0.2) is 5.78 Å². The van der Waals surface area contributed by atoms with E-state index in [1.165, 1.54) is 18.3 Å². The maximum Gasteiger partial charge on any atom is 0.325 e. The summed E-state index contributed by atoms with van der Waals surface area (Å²) in [6.45, 7) is 2.98. The predicted octanol–water partition coefficient (Wildman–Crippen LogP) is 2.69. The van der Waals surface area contributed by atoms with E-state index in [1.54, 1.807) is 43.3 Å². The average Bonchev–Trinajstić information content (AvgIpc) is 3.20. The number of imide groups is 1. The van der Waals surface area contributed by atoms with Gasteiger partial charge in [-0.05, 0) is 36.8 Å². The number of benzene rings is 1. The first-order valence-corrected chi connectivity index (χ1v) is 9.66. The molecule has 9 heteroatoms. The summed E-state index contributed by atoms with van der Waals surface area (Å²) in [5, 5.41) is 5.83. The average molecular weight is 420 g/mol. The number of hydrogen-bond donors (Lipinski definition) is 2. The number of nitrogens with one attached hydrogen (secondary N) is 2. The van der Waals surface area contributed by atoms with Crippen LogP contribution in [0.3, 0.4) is 0 Å². The molecular formula is C19H18ClN3O4S. The fraction of sp³-hybridized carbons (Fsp3) is 0.263. The molecule has 0 aliphatic carbocycles. The summed E-state index contributed by atoms with van der Waals surface area (Å²) in [4.78, 5) is 50.9. The Balaban J connectivity index is 1.73. The van der Waals surface area contributed by atoms with Gasteiger partial charge in [0.2, 0.25) is 5.91 Å². The van der Waals surface area contributed by atoms with Gasteiger partial charge >= 0.3 is 6.03 Å². The predicted molar refractivity (Wildman–Crippen MR) is 105 cm³/mol. The zero-order valence-corrected chi connectivity index (χ0v) is 16.8. The first-order chi connectivity index (χ1) is 13.2. The summed E-state index contributed by atoms with van der Waals surface area (Å²) in [6, 6.07) is 9.35. The summed E-state index contributed by atoms with van der Waals surface area (Å²) < 4.78 is 0. The Morgan fingerprint density at radius 3 is 2.50 bits per heavy atom. The van der Waals surface area contributed by atoms with E-state index in [9.17, 15) is 19.2 Å². The summed E-state index contributed by atoms with van der Waals surface area (Å²) >= 11 is 7.10. The SMILES string of the molecule is CC(=O)NCc1ccc(C(=O)CN2C(=O)NC(C)(c3ccc(Cl)cc3)C2=O)s1. The fourth-order valence-corrected chi connectivity index (χ4v) is 3.88. The van der Waals surface area contributed by atoms with Crippen LogP contribution < -0.4 is 10.6 Å². The van der Waals surface area contributed by atoms with Gasteiger partial charge in [-0.15, -0.1) is 11.3 Å². The van der Waals surface area contributed by atoms with Crippen molar-refractivity contribution in [2.45, 2.75) is 25.9 Å². The Bertz CT molecular complexity index is 956. The molecule has 1 aromatic heterocycles. The second-order valence-corrected chi connectivity index (χ2v) is 8.16. The number of Topliss-reactive ketones (excluding diaryl/α,β-unsaturated/α-hetero) is 1. The number of rotatable bonds is 6. The Morgan fingerprint density at radius 2 is 1.86 bits per heavy atom. The lowest BCUT2D eigenvalue weighted by atomic mass is 9.92. The minimum atomic E-state index is -1.26. The molecule has 4 amide bonds. The molecule has 1 saturated heterocycles. The molecule has 0 saturated carbocycles. The number of thiophene rings is 1. The van der Waals surface area contributed by atoms with E-state index in [4.69, 9.17) is 11.6 Å². The summed E-state index contributed by atoms with van der Waals surface area (Å²) in [5.74, 6) is -1.01. The quantitative estimate of drug-likeness (QED) is 0.555. The molecule has 1 unspecified atom stereocenters. The lowest BCUT2D eigenvalue weighted by Gasteiger charge is -2.22. The lowest BCUT2D eigenvalue weighted by molar-refractivity contribution is -0.130. The van der Waals surface area contributed by atoms with E-state index in [-0.39, 0.29) is 18.2 Å². The van der Waals surface area contributed by atoms with E-state index in [0.717, 1.165) is 9.78 Å². The van der Waals surface area contributed by atoms with Crippen molar-refractivity contribution in [1.82, 2.24) is 15.5 Å². The first-order valence-electron chi connectivity index (χ1n) is 8.47. The van der Waals surface area contributed by atoms with Crippen molar-refractivity contribution < 1.29 is 19.2 Å². The van der Waals surface area contributed by atoms with Crippen molar-refractivity contribution in [3.8, 4) is 0 Å². The van der Waals surface area contributed by atoms with Crippen molar-refractivity contribution in [1.29, 1.82) is 0 Å². The van der Waals surface area contributed by atoms with Gasteiger partial charge in [0, 0.05) is 16.8 Å². The molecule has 1 fully saturated rings. The summed E-state index contributed by atoms with van der Waals surface area (Å²) in [7, 11) is 0. The molecule has 1 atom stereocenters. The van der Waals surface area contributed by atoms with Crippen LogP contribution in [-0.4, -0.2) is 35.1 Å². The van der Waals surface area contributed by atoms with E-state index in [2.05, 4.69) is 10.6 Å². The smallest absolute Gasteiger partial charge is 0.325 e. The number of urea groups is 1. The van der Waals surface area contributed by atoms with Crippen LogP contribution in [0, 0.1) is 0 Å². The number of hydrogen-bond acceptors (Lipinski definition) is 5. The van der Waals surface area contributed by atoms with Crippen LogP contribution in [0.4, 0.5) is 4.79 Å². The highest BCUT2D eigenvalue weighted by Crippen LogP contribution is 2.30. The van der Waals surface area contributed by atoms with E-state index < -0.39 is 17.5 Å². The van der Waals surface area contributed by atoms with Crippen LogP contribution >= 0.6 is 22.9 Å². The Hall–Kier alpha value is -2.71. The largest absolute Gasteiger partial charge is 0.351 e. The first kappa shape index (κ1) is 20.0. The van der Waals surface area contributed by atoms with E-state index in [0.29, 0.717) is 22.0 Å². The number of nitrogens with zero attached hydrogens (tertiary/aromatic N) is 1. The Morgan fingerprint density at radius 1 is 1.18 bits per heavy atom.